The number of rotatable bonds is 10. The molecule has 2 amide bonds. The average molecular weight is 708 g/mol. The maximum Gasteiger partial charge on any atom is 0.421 e. The summed E-state index contributed by atoms with van der Waals surface area (Å²) in [4.78, 5) is 35.0. The van der Waals surface area contributed by atoms with Crippen molar-refractivity contribution in [1.29, 1.82) is 0 Å². The van der Waals surface area contributed by atoms with Crippen LogP contribution in [0, 0.1) is 24.7 Å². The predicted octanol–water partition coefficient (Wildman–Crippen LogP) is 6.20. The lowest BCUT2D eigenvalue weighted by Crippen LogP contribution is -2.63. The summed E-state index contributed by atoms with van der Waals surface area (Å²) in [5.74, 6) is 1.78. The number of hydrogen-bond donors (Lipinski definition) is 4. The summed E-state index contributed by atoms with van der Waals surface area (Å²) in [6.45, 7) is 5.19. The molecule has 2 aromatic carbocycles. The van der Waals surface area contributed by atoms with Crippen LogP contribution in [0.4, 0.5) is 36.3 Å². The van der Waals surface area contributed by atoms with Crippen molar-refractivity contribution < 1.29 is 32.2 Å². The molecule has 4 N–H and O–H groups in total. The van der Waals surface area contributed by atoms with Crippen LogP contribution >= 0.6 is 0 Å². The number of carbonyl (C=O) groups excluding carboxylic acids is 2. The van der Waals surface area contributed by atoms with Crippen molar-refractivity contribution in [3.63, 3.8) is 0 Å². The van der Waals surface area contributed by atoms with Gasteiger partial charge in [0.2, 0.25) is 11.9 Å². The largest absolute Gasteiger partial charge is 0.494 e. The molecule has 8 rings (SSSR count). The van der Waals surface area contributed by atoms with Gasteiger partial charge in [-0.05, 0) is 87.0 Å². The van der Waals surface area contributed by atoms with E-state index in [0.29, 0.717) is 52.7 Å². The van der Waals surface area contributed by atoms with E-state index >= 15 is 0 Å². The molecule has 4 saturated carbocycles. The van der Waals surface area contributed by atoms with E-state index in [4.69, 9.17) is 9.47 Å². The fourth-order valence-corrected chi connectivity index (χ4v) is 9.34. The SMILES string of the molecule is CNC(=O)c1cccc(C)c1Nc1nc(Nc2ccc(O[C@]34CC5CC(C3)[C@H](N3CCC(NC(C)=O)C3)C(C5)C4)cc2OC)ncc1C(F)(F)F. The van der Waals surface area contributed by atoms with Gasteiger partial charge in [0.15, 0.2) is 0 Å². The van der Waals surface area contributed by atoms with Crippen LogP contribution in [0.2, 0.25) is 0 Å². The number of nitrogens with one attached hydrogen (secondary N) is 4. The van der Waals surface area contributed by atoms with Crippen molar-refractivity contribution in [2.45, 2.75) is 76.2 Å². The van der Waals surface area contributed by atoms with Gasteiger partial charge in [0.25, 0.3) is 5.91 Å². The molecule has 11 nitrogen and oxygen atoms in total. The molecule has 2 heterocycles. The Hall–Kier alpha value is -4.59. The van der Waals surface area contributed by atoms with E-state index in [1.54, 1.807) is 38.1 Å². The Balaban J connectivity index is 1.09. The second kappa shape index (κ2) is 13.5. The molecule has 5 fully saturated rings. The molecule has 0 radical (unpaired) electrons. The van der Waals surface area contributed by atoms with Gasteiger partial charge in [0, 0.05) is 51.4 Å². The molecular formula is C37H44F3N7O4. The minimum Gasteiger partial charge on any atom is -0.494 e. The number of likely N-dealkylation sites (tertiary alicyclic amines) is 1. The van der Waals surface area contributed by atoms with Gasteiger partial charge in [0.1, 0.15) is 28.5 Å². The fraction of sp³-hybridized carbons (Fsp3) is 0.514. The number of para-hydroxylation sites is 1. The van der Waals surface area contributed by atoms with Crippen molar-refractivity contribution in [3.8, 4) is 11.5 Å². The van der Waals surface area contributed by atoms with Gasteiger partial charge in [-0.1, -0.05) is 12.1 Å². The number of halogens is 3. The number of hydrogen-bond acceptors (Lipinski definition) is 9. The van der Waals surface area contributed by atoms with Crippen LogP contribution in [0.5, 0.6) is 11.5 Å². The lowest BCUT2D eigenvalue weighted by atomic mass is 9.52. The molecular weight excluding hydrogens is 663 g/mol. The van der Waals surface area contributed by atoms with Crippen molar-refractivity contribution in [3.05, 3.63) is 59.3 Å². The summed E-state index contributed by atoms with van der Waals surface area (Å²) >= 11 is 0. The molecule has 3 atom stereocenters. The number of aryl methyl sites for hydroxylation is 1. The molecule has 14 heteroatoms. The number of amides is 2. The summed E-state index contributed by atoms with van der Waals surface area (Å²) < 4.78 is 54.8. The molecule has 272 valence electrons. The Morgan fingerprint density at radius 2 is 1.82 bits per heavy atom. The van der Waals surface area contributed by atoms with Gasteiger partial charge < -0.3 is 30.7 Å². The zero-order chi connectivity index (χ0) is 36.1. The topological polar surface area (TPSA) is 130 Å². The lowest BCUT2D eigenvalue weighted by Gasteiger charge is -2.61. The number of aromatic nitrogens is 2. The summed E-state index contributed by atoms with van der Waals surface area (Å²) in [5.41, 5.74) is 0.0599. The van der Waals surface area contributed by atoms with Crippen molar-refractivity contribution in [2.75, 3.05) is 37.9 Å². The number of benzene rings is 2. The van der Waals surface area contributed by atoms with E-state index in [-0.39, 0.29) is 34.7 Å². The van der Waals surface area contributed by atoms with Crippen LogP contribution in [0.25, 0.3) is 0 Å². The highest BCUT2D eigenvalue weighted by atomic mass is 19.4. The highest BCUT2D eigenvalue weighted by molar-refractivity contribution is 6.00. The number of nitrogens with zero attached hydrogens (tertiary/aromatic N) is 3. The van der Waals surface area contributed by atoms with Crippen molar-refractivity contribution in [1.82, 2.24) is 25.5 Å². The van der Waals surface area contributed by atoms with Crippen LogP contribution in [-0.2, 0) is 11.0 Å². The van der Waals surface area contributed by atoms with Gasteiger partial charge in [-0.3, -0.25) is 14.5 Å². The molecule has 3 unspecified atom stereocenters. The van der Waals surface area contributed by atoms with E-state index in [0.717, 1.165) is 38.8 Å². The van der Waals surface area contributed by atoms with Crippen LogP contribution in [-0.4, -0.2) is 71.6 Å². The Morgan fingerprint density at radius 3 is 2.51 bits per heavy atom. The number of methoxy groups -OCH3 is 1. The molecule has 1 aliphatic heterocycles. The molecule has 4 aliphatic carbocycles. The second-order valence-electron chi connectivity index (χ2n) is 14.6. The molecule has 0 spiro atoms. The molecule has 1 saturated heterocycles. The summed E-state index contributed by atoms with van der Waals surface area (Å²) in [6, 6.07) is 11.0. The highest BCUT2D eigenvalue weighted by Crippen LogP contribution is 2.58. The van der Waals surface area contributed by atoms with E-state index in [2.05, 4.69) is 36.1 Å². The Labute approximate surface area is 295 Å². The Kier molecular flexibility index (Phi) is 9.23. The normalized spacial score (nSPS) is 26.8. The second-order valence-corrected chi connectivity index (χ2v) is 14.6. The minimum atomic E-state index is -4.76. The maximum atomic E-state index is 14.1. The maximum absolute atomic E-state index is 14.1. The summed E-state index contributed by atoms with van der Waals surface area (Å²) in [6.07, 6.45) is 2.33. The number of anilines is 4. The van der Waals surface area contributed by atoms with Gasteiger partial charge in [-0.2, -0.15) is 18.2 Å². The van der Waals surface area contributed by atoms with Crippen molar-refractivity contribution >= 4 is 35.0 Å². The van der Waals surface area contributed by atoms with Crippen molar-refractivity contribution in [2.24, 2.45) is 17.8 Å². The van der Waals surface area contributed by atoms with Gasteiger partial charge >= 0.3 is 6.18 Å². The van der Waals surface area contributed by atoms with E-state index in [9.17, 15) is 22.8 Å². The molecule has 1 aromatic heterocycles. The van der Waals surface area contributed by atoms with Crippen LogP contribution in [0.1, 0.15) is 66.9 Å². The predicted molar refractivity (Wildman–Crippen MR) is 186 cm³/mol. The van der Waals surface area contributed by atoms with Gasteiger partial charge in [-0.25, -0.2) is 4.98 Å². The number of ether oxygens (including phenoxy) is 2. The van der Waals surface area contributed by atoms with Crippen LogP contribution < -0.4 is 30.7 Å². The minimum absolute atomic E-state index is 0.0281. The molecule has 51 heavy (non-hydrogen) atoms. The van der Waals surface area contributed by atoms with Gasteiger partial charge in [-0.15, -0.1) is 0 Å². The van der Waals surface area contributed by atoms with Gasteiger partial charge in [0.05, 0.1) is 24.0 Å². The first-order valence-electron chi connectivity index (χ1n) is 17.5. The summed E-state index contributed by atoms with van der Waals surface area (Å²) in [5, 5.41) is 11.4. The third kappa shape index (κ3) is 7.02. The molecule has 4 bridgehead atoms. The first-order chi connectivity index (χ1) is 24.3. The lowest BCUT2D eigenvalue weighted by molar-refractivity contribution is -0.144. The Bertz CT molecular complexity index is 1810. The quantitative estimate of drug-likeness (QED) is 0.195. The van der Waals surface area contributed by atoms with Crippen LogP contribution in [0.15, 0.2) is 42.6 Å². The first-order valence-corrected chi connectivity index (χ1v) is 17.5. The average Bonchev–Trinajstić information content (AvgIpc) is 3.52. The third-order valence-electron chi connectivity index (χ3n) is 11.1. The Morgan fingerprint density at radius 1 is 1.06 bits per heavy atom. The van der Waals surface area contributed by atoms with Crippen LogP contribution in [0.3, 0.4) is 0 Å². The molecule has 3 aromatic rings. The number of alkyl halides is 3. The first kappa shape index (κ1) is 34.8. The van der Waals surface area contributed by atoms with E-state index in [1.165, 1.54) is 33.1 Å². The van der Waals surface area contributed by atoms with E-state index in [1.807, 2.05) is 6.07 Å². The zero-order valence-corrected chi connectivity index (χ0v) is 29.2. The number of carbonyl (C=O) groups is 2. The summed E-state index contributed by atoms with van der Waals surface area (Å²) in [7, 11) is 2.97. The monoisotopic (exact) mass is 707 g/mol. The highest BCUT2D eigenvalue weighted by Gasteiger charge is 2.58. The standard InChI is InChI=1S/C37H44F3N7O4/c1-20-6-5-7-27(34(49)41-3)31(20)45-33-28(37(38,39)40)18-42-35(46-33)44-29-9-8-26(14-30(29)50-4)51-36-15-22-12-23(16-36)32(24(13-22)17-36)47-11-10-25(19-47)43-21(2)48/h5-9,14,18,22-25,32H,10-13,15-17,19H2,1-4H3,(H,41,49)(H,43,48)(H2,42,44,45,46)/t22?,23?,24?,25?,32-,36+. The smallest absolute Gasteiger partial charge is 0.421 e. The zero-order valence-electron chi connectivity index (χ0n) is 29.2. The third-order valence-corrected chi connectivity index (χ3v) is 11.1. The molecule has 5 aliphatic rings. The van der Waals surface area contributed by atoms with E-state index < -0.39 is 23.5 Å². The fourth-order valence-electron chi connectivity index (χ4n) is 9.34.